The molecular weight excluding hydrogens is 314 g/mol. The molecule has 2 fully saturated rings. The number of likely N-dealkylation sites (tertiary alicyclic amines) is 1. The van der Waals surface area contributed by atoms with Crippen molar-refractivity contribution >= 4 is 0 Å². The number of hydrogen-bond acceptors (Lipinski definition) is 5. The van der Waals surface area contributed by atoms with Gasteiger partial charge in [0.05, 0.1) is 19.8 Å². The van der Waals surface area contributed by atoms with Crippen LogP contribution in [-0.2, 0) is 11.3 Å². The van der Waals surface area contributed by atoms with Gasteiger partial charge in [-0.05, 0) is 57.7 Å². The zero-order valence-electron chi connectivity index (χ0n) is 16.0. The van der Waals surface area contributed by atoms with E-state index >= 15 is 0 Å². The number of methoxy groups -OCH3 is 1. The summed E-state index contributed by atoms with van der Waals surface area (Å²) in [5, 5.41) is 0. The summed E-state index contributed by atoms with van der Waals surface area (Å²) < 4.78 is 11.4. The largest absolute Gasteiger partial charge is 0.497 e. The van der Waals surface area contributed by atoms with E-state index in [1.165, 1.54) is 31.5 Å². The molecule has 1 aromatic carbocycles. The van der Waals surface area contributed by atoms with Gasteiger partial charge in [-0.25, -0.2) is 0 Å². The van der Waals surface area contributed by atoms with Gasteiger partial charge in [-0.15, -0.1) is 0 Å². The minimum Gasteiger partial charge on any atom is -0.497 e. The first-order valence-corrected chi connectivity index (χ1v) is 9.49. The third-order valence-corrected chi connectivity index (χ3v) is 5.57. The molecule has 5 heteroatoms. The van der Waals surface area contributed by atoms with Crippen LogP contribution >= 0.6 is 0 Å². The molecule has 1 aromatic rings. The average molecular weight is 348 g/mol. The third-order valence-electron chi connectivity index (χ3n) is 5.57. The Morgan fingerprint density at radius 3 is 2.80 bits per heavy atom. The molecule has 0 aromatic heterocycles. The number of rotatable bonds is 6. The zero-order valence-corrected chi connectivity index (χ0v) is 16.0. The molecule has 0 amide bonds. The predicted molar refractivity (Wildman–Crippen MR) is 101 cm³/mol. The maximum atomic E-state index is 6.05. The highest BCUT2D eigenvalue weighted by atomic mass is 16.5. The first kappa shape index (κ1) is 18.6. The molecule has 0 spiro atoms. The lowest BCUT2D eigenvalue weighted by Crippen LogP contribution is -2.50. The summed E-state index contributed by atoms with van der Waals surface area (Å²) in [6.07, 6.45) is 2.85. The van der Waals surface area contributed by atoms with Gasteiger partial charge in [0.15, 0.2) is 0 Å². The fraction of sp³-hybridized carbons (Fsp3) is 0.700. The first-order chi connectivity index (χ1) is 12.1. The number of morpholine rings is 1. The number of likely N-dealkylation sites (N-methyl/N-ethyl adjacent to an activating group) is 1. The van der Waals surface area contributed by atoms with Crippen LogP contribution in [0.4, 0.5) is 0 Å². The number of ether oxygens (including phenoxy) is 2. The van der Waals surface area contributed by atoms with Crippen molar-refractivity contribution in [3.8, 4) is 5.75 Å². The summed E-state index contributed by atoms with van der Waals surface area (Å²) in [5.74, 6) is 0.935. The van der Waals surface area contributed by atoms with Crippen molar-refractivity contribution in [2.45, 2.75) is 31.5 Å². The second-order valence-electron chi connectivity index (χ2n) is 7.55. The molecule has 0 saturated carbocycles. The predicted octanol–water partition coefficient (Wildman–Crippen LogP) is 1.92. The average Bonchev–Trinajstić information content (AvgIpc) is 2.62. The van der Waals surface area contributed by atoms with E-state index in [-0.39, 0.29) is 0 Å². The Morgan fingerprint density at radius 2 is 2.04 bits per heavy atom. The van der Waals surface area contributed by atoms with E-state index in [0.29, 0.717) is 12.1 Å². The lowest BCUT2D eigenvalue weighted by atomic mass is 10.0. The minimum absolute atomic E-state index is 0.309. The maximum absolute atomic E-state index is 6.05. The van der Waals surface area contributed by atoms with Crippen molar-refractivity contribution in [3.63, 3.8) is 0 Å². The lowest BCUT2D eigenvalue weighted by Gasteiger charge is -2.39. The highest BCUT2D eigenvalue weighted by Gasteiger charge is 2.26. The van der Waals surface area contributed by atoms with Gasteiger partial charge in [0.1, 0.15) is 5.75 Å². The Bertz CT molecular complexity index is 531. The van der Waals surface area contributed by atoms with Gasteiger partial charge in [-0.1, -0.05) is 12.1 Å². The van der Waals surface area contributed by atoms with E-state index in [1.807, 2.05) is 6.07 Å². The van der Waals surface area contributed by atoms with Gasteiger partial charge in [-0.3, -0.25) is 4.90 Å². The fourth-order valence-electron chi connectivity index (χ4n) is 3.97. The highest BCUT2D eigenvalue weighted by Crippen LogP contribution is 2.18. The van der Waals surface area contributed by atoms with Crippen molar-refractivity contribution in [2.24, 2.45) is 0 Å². The van der Waals surface area contributed by atoms with Crippen LogP contribution in [0.15, 0.2) is 24.3 Å². The van der Waals surface area contributed by atoms with Gasteiger partial charge in [0, 0.05) is 32.2 Å². The highest BCUT2D eigenvalue weighted by molar-refractivity contribution is 5.28. The molecule has 2 saturated heterocycles. The van der Waals surface area contributed by atoms with Crippen LogP contribution in [0.2, 0.25) is 0 Å². The molecule has 5 nitrogen and oxygen atoms in total. The number of benzene rings is 1. The van der Waals surface area contributed by atoms with E-state index in [9.17, 15) is 0 Å². The summed E-state index contributed by atoms with van der Waals surface area (Å²) in [6, 6.07) is 9.09. The monoisotopic (exact) mass is 347 g/mol. The molecule has 1 atom stereocenters. The Morgan fingerprint density at radius 1 is 1.24 bits per heavy atom. The molecule has 0 bridgehead atoms. The summed E-state index contributed by atoms with van der Waals surface area (Å²) in [5.41, 5.74) is 1.31. The van der Waals surface area contributed by atoms with Crippen LogP contribution in [0, 0.1) is 0 Å². The van der Waals surface area contributed by atoms with E-state index < -0.39 is 0 Å². The molecule has 0 radical (unpaired) electrons. The molecule has 2 heterocycles. The smallest absolute Gasteiger partial charge is 0.119 e. The molecule has 0 aliphatic carbocycles. The fourth-order valence-corrected chi connectivity index (χ4v) is 3.97. The van der Waals surface area contributed by atoms with Crippen molar-refractivity contribution in [1.29, 1.82) is 0 Å². The third kappa shape index (κ3) is 5.42. The second kappa shape index (κ2) is 8.99. The number of hydrogen-bond donors (Lipinski definition) is 0. The van der Waals surface area contributed by atoms with Crippen LogP contribution in [0.1, 0.15) is 18.4 Å². The van der Waals surface area contributed by atoms with Gasteiger partial charge >= 0.3 is 0 Å². The van der Waals surface area contributed by atoms with Gasteiger partial charge in [0.2, 0.25) is 0 Å². The normalized spacial score (nSPS) is 23.9. The molecule has 140 valence electrons. The summed E-state index contributed by atoms with van der Waals surface area (Å²) in [7, 11) is 6.21. The molecule has 3 rings (SSSR count). The van der Waals surface area contributed by atoms with Crippen LogP contribution in [0.25, 0.3) is 0 Å². The standard InChI is InChI=1S/C20H33N3O2/c1-21-9-7-18(8-10-21)22(2)15-20-16-23(11-12-25-20)14-17-5-4-6-19(13-17)24-3/h4-6,13,18,20H,7-12,14-16H2,1-3H3. The molecule has 2 aliphatic rings. The van der Waals surface area contributed by atoms with Crippen LogP contribution < -0.4 is 4.74 Å². The van der Waals surface area contributed by atoms with Crippen molar-refractivity contribution in [2.75, 3.05) is 60.5 Å². The summed E-state index contributed by atoms with van der Waals surface area (Å²) >= 11 is 0. The Balaban J connectivity index is 1.49. The molecular formula is C20H33N3O2. The van der Waals surface area contributed by atoms with Gasteiger partial charge < -0.3 is 19.3 Å². The van der Waals surface area contributed by atoms with Crippen molar-refractivity contribution < 1.29 is 9.47 Å². The number of piperidine rings is 1. The van der Waals surface area contributed by atoms with Gasteiger partial charge in [-0.2, -0.15) is 0 Å². The van der Waals surface area contributed by atoms with E-state index in [0.717, 1.165) is 38.5 Å². The maximum Gasteiger partial charge on any atom is 0.119 e. The molecule has 2 aliphatic heterocycles. The Hall–Kier alpha value is -1.14. The molecule has 25 heavy (non-hydrogen) atoms. The van der Waals surface area contributed by atoms with E-state index in [2.05, 4.69) is 47.0 Å². The Labute approximate surface area is 152 Å². The molecule has 1 unspecified atom stereocenters. The summed E-state index contributed by atoms with van der Waals surface area (Å²) in [6.45, 7) is 7.26. The summed E-state index contributed by atoms with van der Waals surface area (Å²) in [4.78, 5) is 7.45. The quantitative estimate of drug-likeness (QED) is 0.784. The minimum atomic E-state index is 0.309. The van der Waals surface area contributed by atoms with Crippen molar-refractivity contribution in [3.05, 3.63) is 29.8 Å². The Kier molecular flexibility index (Phi) is 6.70. The van der Waals surface area contributed by atoms with Gasteiger partial charge in [0.25, 0.3) is 0 Å². The SMILES string of the molecule is COc1cccc(CN2CCOC(CN(C)C3CCN(C)CC3)C2)c1. The van der Waals surface area contributed by atoms with E-state index in [1.54, 1.807) is 7.11 Å². The van der Waals surface area contributed by atoms with Crippen molar-refractivity contribution in [1.82, 2.24) is 14.7 Å². The second-order valence-corrected chi connectivity index (χ2v) is 7.55. The van der Waals surface area contributed by atoms with E-state index in [4.69, 9.17) is 9.47 Å². The topological polar surface area (TPSA) is 28.2 Å². The van der Waals surface area contributed by atoms with Crippen LogP contribution in [0.5, 0.6) is 5.75 Å². The van der Waals surface area contributed by atoms with Crippen LogP contribution in [-0.4, -0.2) is 87.4 Å². The lowest BCUT2D eigenvalue weighted by molar-refractivity contribution is -0.0499. The molecule has 0 N–H and O–H groups in total. The van der Waals surface area contributed by atoms with Crippen LogP contribution in [0.3, 0.4) is 0 Å². The number of nitrogens with zero attached hydrogens (tertiary/aromatic N) is 3. The first-order valence-electron chi connectivity index (χ1n) is 9.49. The zero-order chi connectivity index (χ0) is 17.6.